The van der Waals surface area contributed by atoms with E-state index >= 15 is 0 Å². The lowest BCUT2D eigenvalue weighted by Gasteiger charge is -2.33. The van der Waals surface area contributed by atoms with Crippen LogP contribution < -0.4 is 9.64 Å². The lowest BCUT2D eigenvalue weighted by molar-refractivity contribution is -0.130. The van der Waals surface area contributed by atoms with Gasteiger partial charge in [-0.3, -0.25) is 9.59 Å². The average molecular weight is 381 g/mol. The molecule has 1 aromatic carbocycles. The minimum absolute atomic E-state index is 0.00594. The molecule has 0 aromatic heterocycles. The molecule has 2 heterocycles. The normalized spacial score (nSPS) is 19.1. The van der Waals surface area contributed by atoms with E-state index in [1.165, 1.54) is 24.4 Å². The molecule has 2 saturated heterocycles. The number of methoxy groups -OCH3 is 1. The topological polar surface area (TPSA) is 87.2 Å². The Morgan fingerprint density at radius 1 is 1.12 bits per heavy atom. The van der Waals surface area contributed by atoms with Gasteiger partial charge in [0.25, 0.3) is 0 Å². The molecule has 0 aliphatic carbocycles. The Morgan fingerprint density at radius 2 is 1.81 bits per heavy atom. The van der Waals surface area contributed by atoms with Crippen LogP contribution in [0.5, 0.6) is 5.75 Å². The first-order valence-electron chi connectivity index (χ1n) is 8.58. The van der Waals surface area contributed by atoms with Crippen molar-refractivity contribution < 1.29 is 22.7 Å². The first-order chi connectivity index (χ1) is 12.3. The highest BCUT2D eigenvalue weighted by Gasteiger charge is 2.32. The van der Waals surface area contributed by atoms with Crippen LogP contribution in [0.15, 0.2) is 23.1 Å². The summed E-state index contributed by atoms with van der Waals surface area (Å²) in [6.07, 6.45) is 1.24. The first-order valence-corrected chi connectivity index (χ1v) is 10.0. The van der Waals surface area contributed by atoms with Crippen molar-refractivity contribution in [3.8, 4) is 5.75 Å². The Balaban J connectivity index is 1.91. The molecule has 26 heavy (non-hydrogen) atoms. The van der Waals surface area contributed by atoms with Crippen LogP contribution >= 0.6 is 0 Å². The molecule has 142 valence electrons. The zero-order valence-corrected chi connectivity index (χ0v) is 15.8. The van der Waals surface area contributed by atoms with Gasteiger partial charge in [0, 0.05) is 51.8 Å². The third kappa shape index (κ3) is 3.41. The number of amides is 2. The Hall–Kier alpha value is -2.13. The van der Waals surface area contributed by atoms with Crippen molar-refractivity contribution in [1.82, 2.24) is 9.21 Å². The Morgan fingerprint density at radius 3 is 2.35 bits per heavy atom. The molecule has 0 saturated carbocycles. The van der Waals surface area contributed by atoms with Gasteiger partial charge in [-0.1, -0.05) is 0 Å². The van der Waals surface area contributed by atoms with E-state index < -0.39 is 10.0 Å². The second-order valence-corrected chi connectivity index (χ2v) is 8.30. The number of nitrogens with zero attached hydrogens (tertiary/aromatic N) is 3. The molecule has 8 nitrogen and oxygen atoms in total. The highest BCUT2D eigenvalue weighted by atomic mass is 32.2. The summed E-state index contributed by atoms with van der Waals surface area (Å²) in [6, 6.07) is 4.79. The molecule has 2 aliphatic heterocycles. The maximum absolute atomic E-state index is 13.1. The van der Waals surface area contributed by atoms with Gasteiger partial charge in [0.05, 0.1) is 7.11 Å². The molecule has 3 rings (SSSR count). The molecule has 2 amide bonds. The fraction of sp³-hybridized carbons (Fsp3) is 0.529. The number of hydrogen-bond acceptors (Lipinski definition) is 5. The van der Waals surface area contributed by atoms with Gasteiger partial charge in [-0.2, -0.15) is 4.31 Å². The third-order valence-corrected chi connectivity index (χ3v) is 6.75. The molecular formula is C17H23N3O5S. The van der Waals surface area contributed by atoms with Crippen LogP contribution in [-0.4, -0.2) is 69.3 Å². The zero-order valence-electron chi connectivity index (χ0n) is 15.0. The summed E-state index contributed by atoms with van der Waals surface area (Å²) >= 11 is 0. The van der Waals surface area contributed by atoms with Crippen molar-refractivity contribution in [3.05, 3.63) is 18.2 Å². The fourth-order valence-electron chi connectivity index (χ4n) is 3.34. The van der Waals surface area contributed by atoms with E-state index in [1.807, 2.05) is 0 Å². The SMILES string of the molecule is COc1ccc(N2CCCC2=O)cc1S(=O)(=O)N1CCN(C(C)=O)CC1. The van der Waals surface area contributed by atoms with Crippen molar-refractivity contribution in [2.45, 2.75) is 24.7 Å². The largest absolute Gasteiger partial charge is 0.495 e. The molecule has 2 fully saturated rings. The quantitative estimate of drug-likeness (QED) is 0.765. The number of anilines is 1. The first kappa shape index (κ1) is 18.7. The second-order valence-electron chi connectivity index (χ2n) is 6.39. The second kappa shape index (κ2) is 7.24. The molecule has 0 atom stereocenters. The summed E-state index contributed by atoms with van der Waals surface area (Å²) in [7, 11) is -2.37. The van der Waals surface area contributed by atoms with Crippen molar-refractivity contribution >= 4 is 27.5 Å². The van der Waals surface area contributed by atoms with Gasteiger partial charge in [-0.25, -0.2) is 8.42 Å². The molecule has 1 aromatic rings. The van der Waals surface area contributed by atoms with Gasteiger partial charge >= 0.3 is 0 Å². The van der Waals surface area contributed by atoms with Crippen LogP contribution in [0.3, 0.4) is 0 Å². The Kier molecular flexibility index (Phi) is 5.19. The van der Waals surface area contributed by atoms with Crippen molar-refractivity contribution in [2.75, 3.05) is 44.7 Å². The lowest BCUT2D eigenvalue weighted by atomic mass is 10.3. The average Bonchev–Trinajstić information content (AvgIpc) is 3.07. The maximum atomic E-state index is 13.1. The van der Waals surface area contributed by atoms with Crippen LogP contribution in [0, 0.1) is 0 Å². The van der Waals surface area contributed by atoms with E-state index in [2.05, 4.69) is 0 Å². The van der Waals surface area contributed by atoms with Gasteiger partial charge in [0.2, 0.25) is 21.8 Å². The van der Waals surface area contributed by atoms with Gasteiger partial charge in [-0.15, -0.1) is 0 Å². The molecule has 2 aliphatic rings. The van der Waals surface area contributed by atoms with Crippen LogP contribution in [0.2, 0.25) is 0 Å². The number of benzene rings is 1. The van der Waals surface area contributed by atoms with Crippen LogP contribution in [0.1, 0.15) is 19.8 Å². The summed E-state index contributed by atoms with van der Waals surface area (Å²) < 4.78 is 32.9. The summed E-state index contributed by atoms with van der Waals surface area (Å²) in [5.74, 6) is 0.178. The van der Waals surface area contributed by atoms with E-state index in [-0.39, 0.29) is 35.5 Å². The fourth-order valence-corrected chi connectivity index (χ4v) is 4.94. The molecule has 0 N–H and O–H groups in total. The number of rotatable bonds is 4. The smallest absolute Gasteiger partial charge is 0.246 e. The standard InChI is InChI=1S/C17H23N3O5S/c1-13(21)18-8-10-19(11-9-18)26(23,24)16-12-14(5-6-15(16)25-2)20-7-3-4-17(20)22/h5-6,12H,3-4,7-11H2,1-2H3. The molecule has 0 unspecified atom stereocenters. The van der Waals surface area contributed by atoms with Crippen molar-refractivity contribution in [3.63, 3.8) is 0 Å². The zero-order chi connectivity index (χ0) is 18.9. The predicted molar refractivity (Wildman–Crippen MR) is 95.6 cm³/mol. The summed E-state index contributed by atoms with van der Waals surface area (Å²) in [4.78, 5) is 26.7. The highest BCUT2D eigenvalue weighted by molar-refractivity contribution is 7.89. The lowest BCUT2D eigenvalue weighted by Crippen LogP contribution is -2.50. The minimum Gasteiger partial charge on any atom is -0.495 e. The number of hydrogen-bond donors (Lipinski definition) is 0. The monoisotopic (exact) mass is 381 g/mol. The number of sulfonamides is 1. The van der Waals surface area contributed by atoms with E-state index in [0.717, 1.165) is 6.42 Å². The number of carbonyl (C=O) groups is 2. The van der Waals surface area contributed by atoms with Gasteiger partial charge in [-0.05, 0) is 24.6 Å². The van der Waals surface area contributed by atoms with E-state index in [0.29, 0.717) is 31.7 Å². The van der Waals surface area contributed by atoms with Crippen molar-refractivity contribution in [1.29, 1.82) is 0 Å². The molecular weight excluding hydrogens is 358 g/mol. The highest BCUT2D eigenvalue weighted by Crippen LogP contribution is 2.33. The number of ether oxygens (including phenoxy) is 1. The molecule has 0 radical (unpaired) electrons. The molecule has 0 bridgehead atoms. The Bertz CT molecular complexity index is 816. The van der Waals surface area contributed by atoms with Crippen LogP contribution in [0.25, 0.3) is 0 Å². The Labute approximate surface area is 153 Å². The van der Waals surface area contributed by atoms with Gasteiger partial charge in [0.1, 0.15) is 10.6 Å². The maximum Gasteiger partial charge on any atom is 0.246 e. The number of piperazine rings is 1. The molecule has 0 spiro atoms. The molecule has 9 heteroatoms. The van der Waals surface area contributed by atoms with E-state index in [1.54, 1.807) is 21.9 Å². The summed E-state index contributed by atoms with van der Waals surface area (Å²) in [5, 5.41) is 0. The summed E-state index contributed by atoms with van der Waals surface area (Å²) in [5.41, 5.74) is 0.564. The minimum atomic E-state index is -3.79. The predicted octanol–water partition coefficient (Wildman–Crippen LogP) is 0.675. The summed E-state index contributed by atoms with van der Waals surface area (Å²) in [6.45, 7) is 3.25. The van der Waals surface area contributed by atoms with E-state index in [4.69, 9.17) is 4.74 Å². The van der Waals surface area contributed by atoms with Crippen LogP contribution in [0.4, 0.5) is 5.69 Å². The van der Waals surface area contributed by atoms with Gasteiger partial charge in [0.15, 0.2) is 0 Å². The third-order valence-electron chi connectivity index (χ3n) is 4.83. The van der Waals surface area contributed by atoms with E-state index in [9.17, 15) is 18.0 Å². The van der Waals surface area contributed by atoms with Crippen LogP contribution in [-0.2, 0) is 19.6 Å². The van der Waals surface area contributed by atoms with Gasteiger partial charge < -0.3 is 14.5 Å². The number of carbonyl (C=O) groups excluding carboxylic acids is 2. The van der Waals surface area contributed by atoms with Crippen molar-refractivity contribution in [2.24, 2.45) is 0 Å².